The quantitative estimate of drug-likeness (QED) is 0.261. The molecule has 0 saturated carbocycles. The Morgan fingerprint density at radius 2 is 2.03 bits per heavy atom. The van der Waals surface area contributed by atoms with Crippen LogP contribution in [-0.2, 0) is 13.1 Å². The fraction of sp³-hybridized carbons (Fsp3) is 0.522. The van der Waals surface area contributed by atoms with E-state index in [1.54, 1.807) is 6.07 Å². The summed E-state index contributed by atoms with van der Waals surface area (Å²) in [7, 11) is 0. The Morgan fingerprint density at radius 1 is 1.25 bits per heavy atom. The first-order chi connectivity index (χ1) is 15.4. The van der Waals surface area contributed by atoms with E-state index in [4.69, 9.17) is 11.6 Å². The molecule has 32 heavy (non-hydrogen) atoms. The molecule has 1 fully saturated rings. The first-order valence-electron chi connectivity index (χ1n) is 11.2. The number of hydrogen-bond donors (Lipinski definition) is 1. The summed E-state index contributed by atoms with van der Waals surface area (Å²) in [5.41, 5.74) is 1.14. The van der Waals surface area contributed by atoms with E-state index in [0.29, 0.717) is 17.5 Å². The van der Waals surface area contributed by atoms with Crippen LogP contribution in [0.25, 0.3) is 0 Å². The van der Waals surface area contributed by atoms with Crippen molar-refractivity contribution in [1.82, 2.24) is 15.1 Å². The van der Waals surface area contributed by atoms with Gasteiger partial charge in [0.15, 0.2) is 0 Å². The summed E-state index contributed by atoms with van der Waals surface area (Å²) in [6, 6.07) is 11.2. The van der Waals surface area contributed by atoms with Gasteiger partial charge in [-0.1, -0.05) is 54.8 Å². The number of likely N-dealkylation sites (tertiary alicyclic amines) is 1. The van der Waals surface area contributed by atoms with Crippen LogP contribution in [0, 0.1) is 16.0 Å². The van der Waals surface area contributed by atoms with Crippen LogP contribution in [-0.4, -0.2) is 46.9 Å². The van der Waals surface area contributed by atoms with E-state index in [1.807, 2.05) is 35.2 Å². The lowest BCUT2D eigenvalue weighted by Gasteiger charge is -2.25. The van der Waals surface area contributed by atoms with Gasteiger partial charge in [0.2, 0.25) is 0 Å². The maximum absolute atomic E-state index is 12.4. The molecule has 0 aliphatic carbocycles. The molecule has 1 aromatic heterocycles. The smallest absolute Gasteiger partial charge is 0.324 e. The minimum atomic E-state index is -0.342. The highest BCUT2D eigenvalue weighted by Gasteiger charge is 2.28. The van der Waals surface area contributed by atoms with Gasteiger partial charge in [-0.25, -0.2) is 4.79 Å². The largest absolute Gasteiger partial charge is 0.338 e. The Labute approximate surface area is 198 Å². The normalized spacial score (nSPS) is 16.0. The number of halogens is 1. The molecule has 2 heterocycles. The lowest BCUT2D eigenvalue weighted by molar-refractivity contribution is -0.380. The SMILES string of the molecule is CCCCCNC(=O)N1CC[C@H](CN(Cc2ccc(Cl)cc2)Cc2ccc([N+](=O)[O-])s2)C1. The topological polar surface area (TPSA) is 78.7 Å². The molecular weight excluding hydrogens is 448 g/mol. The minimum absolute atomic E-state index is 0.0294. The van der Waals surface area contributed by atoms with Crippen molar-refractivity contribution in [2.45, 2.75) is 45.7 Å². The van der Waals surface area contributed by atoms with Crippen LogP contribution < -0.4 is 5.32 Å². The molecule has 1 aliphatic rings. The third kappa shape index (κ3) is 7.46. The fourth-order valence-electron chi connectivity index (χ4n) is 4.02. The second-order valence-corrected chi connectivity index (χ2v) is 9.92. The van der Waals surface area contributed by atoms with Crippen molar-refractivity contribution < 1.29 is 9.72 Å². The van der Waals surface area contributed by atoms with Crippen LogP contribution in [0.2, 0.25) is 5.02 Å². The Balaban J connectivity index is 1.59. The Hall–Kier alpha value is -2.16. The molecule has 2 amide bonds. The molecule has 174 valence electrons. The van der Waals surface area contributed by atoms with Gasteiger partial charge in [0.1, 0.15) is 0 Å². The molecule has 1 aliphatic heterocycles. The van der Waals surface area contributed by atoms with Gasteiger partial charge in [0.25, 0.3) is 0 Å². The maximum Gasteiger partial charge on any atom is 0.324 e. The Kier molecular flexibility index (Phi) is 9.32. The second kappa shape index (κ2) is 12.2. The number of thiophene rings is 1. The predicted octanol–water partition coefficient (Wildman–Crippen LogP) is 5.53. The van der Waals surface area contributed by atoms with Crippen molar-refractivity contribution in [2.24, 2.45) is 5.92 Å². The number of rotatable bonds is 11. The molecule has 0 spiro atoms. The van der Waals surface area contributed by atoms with Gasteiger partial charge in [-0.15, -0.1) is 0 Å². The van der Waals surface area contributed by atoms with Gasteiger partial charge in [-0.2, -0.15) is 0 Å². The van der Waals surface area contributed by atoms with Crippen molar-refractivity contribution in [3.63, 3.8) is 0 Å². The number of urea groups is 1. The highest BCUT2D eigenvalue weighted by molar-refractivity contribution is 7.15. The zero-order valence-corrected chi connectivity index (χ0v) is 20.0. The van der Waals surface area contributed by atoms with Crippen molar-refractivity contribution in [2.75, 3.05) is 26.2 Å². The second-order valence-electron chi connectivity index (χ2n) is 8.33. The van der Waals surface area contributed by atoms with Crippen LogP contribution in [0.5, 0.6) is 0 Å². The monoisotopic (exact) mass is 478 g/mol. The highest BCUT2D eigenvalue weighted by atomic mass is 35.5. The molecule has 0 unspecified atom stereocenters. The lowest BCUT2D eigenvalue weighted by Crippen LogP contribution is -2.39. The zero-order valence-electron chi connectivity index (χ0n) is 18.5. The number of carbonyl (C=O) groups is 1. The van der Waals surface area contributed by atoms with E-state index in [0.717, 1.165) is 68.8 Å². The number of hydrogen-bond acceptors (Lipinski definition) is 5. The van der Waals surface area contributed by atoms with Crippen LogP contribution in [0.4, 0.5) is 9.80 Å². The molecule has 0 bridgehead atoms. The summed E-state index contributed by atoms with van der Waals surface area (Å²) in [6.45, 7) is 6.58. The Bertz CT molecular complexity index is 890. The van der Waals surface area contributed by atoms with Crippen molar-refractivity contribution in [3.8, 4) is 0 Å². The number of nitrogens with one attached hydrogen (secondary N) is 1. The summed E-state index contributed by atoms with van der Waals surface area (Å²) in [5, 5.41) is 15.0. The van der Waals surface area contributed by atoms with E-state index in [9.17, 15) is 14.9 Å². The minimum Gasteiger partial charge on any atom is -0.338 e. The number of unbranched alkanes of at least 4 members (excludes halogenated alkanes) is 2. The van der Waals surface area contributed by atoms with Crippen LogP contribution in [0.1, 0.15) is 43.0 Å². The first-order valence-corrected chi connectivity index (χ1v) is 12.4. The van der Waals surface area contributed by atoms with E-state index >= 15 is 0 Å². The third-order valence-corrected chi connectivity index (χ3v) is 6.95. The molecule has 1 N–H and O–H groups in total. The number of amides is 2. The fourth-order valence-corrected chi connectivity index (χ4v) is 5.00. The molecule has 2 aromatic rings. The number of carbonyl (C=O) groups excluding carboxylic acids is 1. The average molecular weight is 479 g/mol. The van der Waals surface area contributed by atoms with E-state index in [-0.39, 0.29) is 16.0 Å². The third-order valence-electron chi connectivity index (χ3n) is 5.67. The molecule has 0 radical (unpaired) electrons. The van der Waals surface area contributed by atoms with Gasteiger partial charge in [0.05, 0.1) is 4.92 Å². The van der Waals surface area contributed by atoms with E-state index in [1.165, 1.54) is 11.3 Å². The lowest BCUT2D eigenvalue weighted by atomic mass is 10.1. The summed E-state index contributed by atoms with van der Waals surface area (Å²) < 4.78 is 0. The van der Waals surface area contributed by atoms with E-state index in [2.05, 4.69) is 17.1 Å². The number of nitrogens with zero attached hydrogens (tertiary/aromatic N) is 3. The first kappa shape index (κ1) is 24.5. The molecule has 1 aromatic carbocycles. The van der Waals surface area contributed by atoms with Crippen molar-refractivity contribution in [3.05, 3.63) is 62.0 Å². The zero-order chi connectivity index (χ0) is 22.9. The highest BCUT2D eigenvalue weighted by Crippen LogP contribution is 2.27. The summed E-state index contributed by atoms with van der Waals surface area (Å²) in [4.78, 5) is 28.4. The predicted molar refractivity (Wildman–Crippen MR) is 129 cm³/mol. The van der Waals surface area contributed by atoms with Crippen molar-refractivity contribution >= 4 is 34.0 Å². The van der Waals surface area contributed by atoms with Gasteiger partial charge in [-0.3, -0.25) is 15.0 Å². The average Bonchev–Trinajstić information content (AvgIpc) is 3.43. The summed E-state index contributed by atoms with van der Waals surface area (Å²) in [6.07, 6.45) is 4.24. The van der Waals surface area contributed by atoms with Crippen molar-refractivity contribution in [1.29, 1.82) is 0 Å². The molecule has 1 saturated heterocycles. The molecule has 7 nitrogen and oxygen atoms in total. The summed E-state index contributed by atoms with van der Waals surface area (Å²) in [5.74, 6) is 0.374. The number of nitro groups is 1. The summed E-state index contributed by atoms with van der Waals surface area (Å²) >= 11 is 7.25. The molecule has 3 rings (SSSR count). The molecule has 1 atom stereocenters. The molecule has 9 heteroatoms. The van der Waals surface area contributed by atoms with Crippen LogP contribution in [0.3, 0.4) is 0 Å². The number of benzene rings is 1. The Morgan fingerprint density at radius 3 is 2.72 bits per heavy atom. The maximum atomic E-state index is 12.4. The standard InChI is InChI=1S/C23H31ClN4O3S/c1-2-3-4-12-25-23(29)27-13-11-19(16-27)15-26(14-18-5-7-20(24)8-6-18)17-21-9-10-22(32-21)28(30)31/h5-10,19H,2-4,11-17H2,1H3,(H,25,29)/t19-/m1/s1. The van der Waals surface area contributed by atoms with E-state index < -0.39 is 0 Å². The van der Waals surface area contributed by atoms with Crippen LogP contribution in [0.15, 0.2) is 36.4 Å². The van der Waals surface area contributed by atoms with Crippen LogP contribution >= 0.6 is 22.9 Å². The van der Waals surface area contributed by atoms with Gasteiger partial charge < -0.3 is 10.2 Å². The van der Waals surface area contributed by atoms with Gasteiger partial charge >= 0.3 is 11.0 Å². The van der Waals surface area contributed by atoms with Gasteiger partial charge in [0, 0.05) is 55.2 Å². The molecular formula is C23H31ClN4O3S. The van der Waals surface area contributed by atoms with Gasteiger partial charge in [-0.05, 0) is 42.5 Å².